The Labute approximate surface area is 198 Å². The van der Waals surface area contributed by atoms with E-state index >= 15 is 0 Å². The van der Waals surface area contributed by atoms with Crippen LogP contribution in [0.5, 0.6) is 0 Å². The quantitative estimate of drug-likeness (QED) is 0.268. The lowest BCUT2D eigenvalue weighted by Gasteiger charge is -2.34. The molecular formula is C22H35BrO9. The molecule has 0 saturated heterocycles. The highest BCUT2D eigenvalue weighted by atomic mass is 79.9. The third-order valence-electron chi connectivity index (χ3n) is 4.03. The molecule has 0 rings (SSSR count). The number of carbonyl (C=O) groups excluding carboxylic acids is 5. The molecule has 0 radical (unpaired) electrons. The van der Waals surface area contributed by atoms with Gasteiger partial charge >= 0.3 is 23.9 Å². The Morgan fingerprint density at radius 2 is 1.00 bits per heavy atom. The third kappa shape index (κ3) is 8.88. The molecule has 0 amide bonds. The van der Waals surface area contributed by atoms with Crippen molar-refractivity contribution in [2.24, 2.45) is 16.2 Å². The SMILES string of the molecule is COC(=O)[C@H](OC(=O)C(C)(C)C)[C@@H](OC(=O)C(C)(C)C)[C@H](OC(=O)C(C)(C)C)C(=O)CBr. The fraction of sp³-hybridized carbons (Fsp3) is 0.773. The van der Waals surface area contributed by atoms with Gasteiger partial charge in [-0.05, 0) is 62.3 Å². The van der Waals surface area contributed by atoms with Crippen molar-refractivity contribution >= 4 is 45.6 Å². The van der Waals surface area contributed by atoms with Gasteiger partial charge in [-0.15, -0.1) is 0 Å². The summed E-state index contributed by atoms with van der Waals surface area (Å²) in [6.45, 7) is 14.0. The summed E-state index contributed by atoms with van der Waals surface area (Å²) < 4.78 is 20.9. The number of carbonyl (C=O) groups is 5. The minimum Gasteiger partial charge on any atom is -0.466 e. The molecule has 0 bridgehead atoms. The van der Waals surface area contributed by atoms with Crippen LogP contribution in [0.4, 0.5) is 0 Å². The van der Waals surface area contributed by atoms with E-state index in [9.17, 15) is 24.0 Å². The van der Waals surface area contributed by atoms with E-state index in [1.165, 1.54) is 0 Å². The number of halogens is 1. The van der Waals surface area contributed by atoms with Crippen molar-refractivity contribution in [2.45, 2.75) is 80.6 Å². The van der Waals surface area contributed by atoms with Gasteiger partial charge in [-0.3, -0.25) is 19.2 Å². The topological polar surface area (TPSA) is 122 Å². The van der Waals surface area contributed by atoms with Gasteiger partial charge in [-0.25, -0.2) is 4.79 Å². The monoisotopic (exact) mass is 522 g/mol. The Kier molecular flexibility index (Phi) is 10.6. The third-order valence-corrected chi connectivity index (χ3v) is 4.58. The number of ether oxygens (including phenoxy) is 4. The molecule has 0 aromatic carbocycles. The van der Waals surface area contributed by atoms with Crippen LogP contribution in [0.1, 0.15) is 62.3 Å². The van der Waals surface area contributed by atoms with E-state index in [1.54, 1.807) is 62.3 Å². The van der Waals surface area contributed by atoms with Crippen molar-refractivity contribution in [3.8, 4) is 0 Å². The summed E-state index contributed by atoms with van der Waals surface area (Å²) in [5, 5.41) is -0.278. The minimum atomic E-state index is -1.85. The first-order valence-corrected chi connectivity index (χ1v) is 11.2. The second-order valence-electron chi connectivity index (χ2n) is 10.4. The normalized spacial score (nSPS) is 15.1. The number of Topliss-reactive ketones (excluding diaryl/α,β-unsaturated/α-hetero) is 1. The molecule has 0 saturated carbocycles. The van der Waals surface area contributed by atoms with Crippen LogP contribution < -0.4 is 0 Å². The second-order valence-corrected chi connectivity index (χ2v) is 11.0. The molecule has 0 unspecified atom stereocenters. The Bertz CT molecular complexity index is 675. The summed E-state index contributed by atoms with van der Waals surface area (Å²) in [5.74, 6) is -4.16. The van der Waals surface area contributed by atoms with E-state index in [-0.39, 0.29) is 5.33 Å². The molecule has 0 fully saturated rings. The molecule has 0 heterocycles. The Hall–Kier alpha value is -1.97. The van der Waals surface area contributed by atoms with Gasteiger partial charge in [0.1, 0.15) is 0 Å². The van der Waals surface area contributed by atoms with Crippen LogP contribution in [0.2, 0.25) is 0 Å². The van der Waals surface area contributed by atoms with E-state index in [0.29, 0.717) is 0 Å². The van der Waals surface area contributed by atoms with Crippen molar-refractivity contribution in [3.63, 3.8) is 0 Å². The Balaban J connectivity index is 6.59. The van der Waals surface area contributed by atoms with Crippen LogP contribution in [-0.2, 0) is 42.9 Å². The molecule has 0 aliphatic heterocycles. The molecule has 0 N–H and O–H groups in total. The molecule has 10 heteroatoms. The summed E-state index contributed by atoms with van der Waals surface area (Å²) in [4.78, 5) is 63.1. The van der Waals surface area contributed by atoms with Gasteiger partial charge in [0.25, 0.3) is 0 Å². The molecular weight excluding hydrogens is 488 g/mol. The maximum Gasteiger partial charge on any atom is 0.351 e. The fourth-order valence-corrected chi connectivity index (χ4v) is 2.24. The molecule has 0 aliphatic rings. The van der Waals surface area contributed by atoms with E-state index in [2.05, 4.69) is 15.9 Å². The first kappa shape index (κ1) is 30.0. The number of ketones is 1. The van der Waals surface area contributed by atoms with Gasteiger partial charge in [-0.2, -0.15) is 0 Å². The number of hydrogen-bond donors (Lipinski definition) is 0. The summed E-state index contributed by atoms with van der Waals surface area (Å²) in [5.41, 5.74) is -3.07. The standard InChI is InChI=1S/C22H35BrO9/c1-20(2,3)17(26)30-13(12(24)11-23)14(31-18(27)21(4,5)6)15(16(25)29-10)32-19(28)22(7,8)9/h13-15H,11H2,1-10H3/t13-,14+,15-/m1/s1. The molecule has 0 spiro atoms. The highest BCUT2D eigenvalue weighted by molar-refractivity contribution is 9.09. The maximum atomic E-state index is 12.7. The van der Waals surface area contributed by atoms with Crippen molar-refractivity contribution in [1.29, 1.82) is 0 Å². The van der Waals surface area contributed by atoms with Crippen molar-refractivity contribution in [2.75, 3.05) is 12.4 Å². The molecule has 0 aliphatic carbocycles. The van der Waals surface area contributed by atoms with E-state index in [0.717, 1.165) is 7.11 Å². The molecule has 9 nitrogen and oxygen atoms in total. The molecule has 32 heavy (non-hydrogen) atoms. The first-order valence-electron chi connectivity index (χ1n) is 10.1. The second kappa shape index (κ2) is 11.2. The van der Waals surface area contributed by atoms with Gasteiger partial charge in [0, 0.05) is 0 Å². The zero-order valence-electron chi connectivity index (χ0n) is 20.5. The maximum absolute atomic E-state index is 12.7. The average molecular weight is 523 g/mol. The first-order chi connectivity index (χ1) is 14.3. The highest BCUT2D eigenvalue weighted by Crippen LogP contribution is 2.26. The zero-order valence-corrected chi connectivity index (χ0v) is 22.1. The van der Waals surface area contributed by atoms with Gasteiger partial charge < -0.3 is 18.9 Å². The van der Waals surface area contributed by atoms with Crippen LogP contribution in [0.15, 0.2) is 0 Å². The van der Waals surface area contributed by atoms with E-state index < -0.39 is 64.2 Å². The smallest absolute Gasteiger partial charge is 0.351 e. The Morgan fingerprint density at radius 1 is 0.656 bits per heavy atom. The molecule has 0 aromatic heterocycles. The number of rotatable bonds is 8. The predicted octanol–water partition coefficient (Wildman–Crippen LogP) is 3.00. The van der Waals surface area contributed by atoms with Gasteiger partial charge in [0.2, 0.25) is 12.2 Å². The molecule has 184 valence electrons. The van der Waals surface area contributed by atoms with Gasteiger partial charge in [-0.1, -0.05) is 15.9 Å². The number of alkyl halides is 1. The lowest BCUT2D eigenvalue weighted by atomic mass is 9.95. The summed E-state index contributed by atoms with van der Waals surface area (Å²) in [7, 11) is 1.05. The lowest BCUT2D eigenvalue weighted by Crippen LogP contribution is -2.55. The largest absolute Gasteiger partial charge is 0.466 e. The molecule has 0 aromatic rings. The van der Waals surface area contributed by atoms with Crippen molar-refractivity contribution < 1.29 is 42.9 Å². The van der Waals surface area contributed by atoms with Crippen LogP contribution in [-0.4, -0.2) is 60.4 Å². The van der Waals surface area contributed by atoms with Crippen LogP contribution >= 0.6 is 15.9 Å². The molecule has 3 atom stereocenters. The average Bonchev–Trinajstić information content (AvgIpc) is 2.64. The summed E-state index contributed by atoms with van der Waals surface area (Å²) in [6.07, 6.45) is -5.35. The summed E-state index contributed by atoms with van der Waals surface area (Å²) >= 11 is 3.01. The predicted molar refractivity (Wildman–Crippen MR) is 119 cm³/mol. The number of esters is 4. The fourth-order valence-electron chi connectivity index (χ4n) is 1.92. The number of hydrogen-bond acceptors (Lipinski definition) is 9. The van der Waals surface area contributed by atoms with E-state index in [1.807, 2.05) is 0 Å². The van der Waals surface area contributed by atoms with Crippen molar-refractivity contribution in [3.05, 3.63) is 0 Å². The highest BCUT2D eigenvalue weighted by Gasteiger charge is 2.48. The van der Waals surface area contributed by atoms with Gasteiger partial charge in [0.05, 0.1) is 28.7 Å². The zero-order chi connectivity index (χ0) is 25.7. The lowest BCUT2D eigenvalue weighted by molar-refractivity contribution is -0.202. The minimum absolute atomic E-state index is 0.278. The van der Waals surface area contributed by atoms with Crippen LogP contribution in [0.3, 0.4) is 0 Å². The summed E-state index contributed by atoms with van der Waals surface area (Å²) in [6, 6.07) is 0. The van der Waals surface area contributed by atoms with E-state index in [4.69, 9.17) is 18.9 Å². The van der Waals surface area contributed by atoms with Crippen LogP contribution in [0, 0.1) is 16.2 Å². The van der Waals surface area contributed by atoms with Crippen LogP contribution in [0.25, 0.3) is 0 Å². The van der Waals surface area contributed by atoms with Crippen molar-refractivity contribution in [1.82, 2.24) is 0 Å². The van der Waals surface area contributed by atoms with Gasteiger partial charge in [0.15, 0.2) is 11.9 Å². The number of methoxy groups -OCH3 is 1. The Morgan fingerprint density at radius 3 is 1.31 bits per heavy atom.